The normalized spacial score (nSPS) is 10.7. The Morgan fingerprint density at radius 1 is 0.660 bits per heavy atom. The lowest BCUT2D eigenvalue weighted by atomic mass is 10.0. The fraction of sp³-hybridized carbons (Fsp3) is 0.410. The lowest BCUT2D eigenvalue weighted by molar-refractivity contribution is 0.0682. The zero-order valence-corrected chi connectivity index (χ0v) is 31.9. The van der Waals surface area contributed by atoms with Gasteiger partial charge in [-0.3, -0.25) is 0 Å². The number of phenols is 4. The van der Waals surface area contributed by atoms with Crippen LogP contribution in [0.2, 0.25) is 0 Å². The molecular weight excluding hydrogens is 684 g/mol. The van der Waals surface area contributed by atoms with Crippen LogP contribution < -0.4 is 14.4 Å². The van der Waals surface area contributed by atoms with Gasteiger partial charge in [0.25, 0.3) is 0 Å². The van der Waals surface area contributed by atoms with Crippen molar-refractivity contribution in [1.82, 2.24) is 14.8 Å². The number of fused-ring (bicyclic) bond motifs is 1. The topological polar surface area (TPSA) is 197 Å². The number of carboxylic acid groups (broad SMARTS) is 2. The summed E-state index contributed by atoms with van der Waals surface area (Å²) in [6.45, 7) is 21.2. The second kappa shape index (κ2) is 21.2. The average molecular weight is 739 g/mol. The molecule has 0 aliphatic carbocycles. The molecule has 6 N–H and O–H groups in total. The highest BCUT2D eigenvalue weighted by Crippen LogP contribution is 2.42. The maximum Gasteiger partial charge on any atom is 0.339 e. The number of rotatable bonds is 15. The number of aromatic carboxylic acids is 2. The predicted octanol–water partition coefficient (Wildman–Crippen LogP) is 5.95. The third-order valence-corrected chi connectivity index (χ3v) is 8.65. The van der Waals surface area contributed by atoms with Gasteiger partial charge < -0.3 is 54.8 Å². The minimum atomic E-state index is -1.22. The van der Waals surface area contributed by atoms with Crippen LogP contribution in [-0.4, -0.2) is 124 Å². The van der Waals surface area contributed by atoms with Gasteiger partial charge in [-0.15, -0.1) is 0 Å². The molecule has 4 aromatic rings. The Kier molecular flexibility index (Phi) is 17.4. The predicted molar refractivity (Wildman–Crippen MR) is 206 cm³/mol. The minimum absolute atomic E-state index is 0.160. The third kappa shape index (κ3) is 12.3. The quantitative estimate of drug-likeness (QED) is 0.0837. The summed E-state index contributed by atoms with van der Waals surface area (Å²) in [5.41, 5.74) is 3.66. The number of hydrogen-bond acceptors (Lipinski definition) is 12. The standard InChI is InChI=1S/C25H42N4O2.2C7H6O4/c1-9-27(10-2)13-15-29(16-14-28(11-3)12-4)21-18-22(30-7)24-23(25(21)31-8)19(5)17-20(6)26-24;2*8-4-1-2-5(7(10)11)6(9)3-4/h17-18H,9-16H2,1-8H3;2*1-3,8-9H,(H,10,11). The Bertz CT molecular complexity index is 1730. The monoisotopic (exact) mass is 738 g/mol. The number of nitrogens with zero attached hydrogens (tertiary/aromatic N) is 4. The molecule has 1 heterocycles. The molecule has 3 aromatic carbocycles. The fourth-order valence-electron chi connectivity index (χ4n) is 5.64. The molecule has 1 aromatic heterocycles. The molecule has 0 aliphatic rings. The number of ether oxygens (including phenoxy) is 2. The largest absolute Gasteiger partial charge is 0.508 e. The average Bonchev–Trinajstić information content (AvgIpc) is 3.11. The number of aromatic nitrogens is 1. The first-order chi connectivity index (χ1) is 25.1. The van der Waals surface area contributed by atoms with E-state index in [-0.39, 0.29) is 22.6 Å². The van der Waals surface area contributed by atoms with E-state index in [9.17, 15) is 9.59 Å². The van der Waals surface area contributed by atoms with Crippen LogP contribution >= 0.6 is 0 Å². The number of aromatic hydroxyl groups is 4. The first kappa shape index (κ1) is 43.7. The van der Waals surface area contributed by atoms with Gasteiger partial charge in [-0.1, -0.05) is 27.7 Å². The third-order valence-electron chi connectivity index (χ3n) is 8.65. The van der Waals surface area contributed by atoms with E-state index in [2.05, 4.69) is 61.5 Å². The van der Waals surface area contributed by atoms with Crippen LogP contribution in [0, 0.1) is 13.8 Å². The van der Waals surface area contributed by atoms with Crippen molar-refractivity contribution in [2.24, 2.45) is 0 Å². The summed E-state index contributed by atoms with van der Waals surface area (Å²) < 4.78 is 11.8. The number of likely N-dealkylation sites (N-methyl/N-ethyl adjacent to an activating group) is 2. The second-order valence-electron chi connectivity index (χ2n) is 12.0. The van der Waals surface area contributed by atoms with Gasteiger partial charge in [0.2, 0.25) is 0 Å². The Hall–Kier alpha value is -5.47. The number of methoxy groups -OCH3 is 2. The summed E-state index contributed by atoms with van der Waals surface area (Å²) in [6.07, 6.45) is 0. The number of hydrogen-bond donors (Lipinski definition) is 6. The van der Waals surface area contributed by atoms with E-state index < -0.39 is 23.4 Å². The van der Waals surface area contributed by atoms with E-state index in [1.54, 1.807) is 14.2 Å². The summed E-state index contributed by atoms with van der Waals surface area (Å²) in [4.78, 5) is 32.7. The van der Waals surface area contributed by atoms with Crippen LogP contribution in [0.1, 0.15) is 59.7 Å². The van der Waals surface area contributed by atoms with E-state index in [1.165, 1.54) is 12.1 Å². The van der Waals surface area contributed by atoms with Crippen LogP contribution in [0.3, 0.4) is 0 Å². The molecule has 0 atom stereocenters. The molecule has 0 aliphatic heterocycles. The van der Waals surface area contributed by atoms with E-state index >= 15 is 0 Å². The molecule has 0 saturated heterocycles. The number of aryl methyl sites for hydroxylation is 2. The van der Waals surface area contributed by atoms with Crippen LogP contribution in [0.25, 0.3) is 10.9 Å². The van der Waals surface area contributed by atoms with Crippen LogP contribution in [-0.2, 0) is 0 Å². The van der Waals surface area contributed by atoms with Gasteiger partial charge in [0.1, 0.15) is 45.4 Å². The van der Waals surface area contributed by atoms with Gasteiger partial charge in [-0.2, -0.15) is 0 Å². The Morgan fingerprint density at radius 2 is 1.11 bits per heavy atom. The SMILES string of the molecule is CCN(CC)CCN(CCN(CC)CC)c1cc(OC)c2nc(C)cc(C)c2c1OC.O=C(O)c1ccc(O)cc1O.O=C(O)c1ccc(O)cc1O. The Morgan fingerprint density at radius 3 is 1.47 bits per heavy atom. The molecule has 0 spiro atoms. The summed E-state index contributed by atoms with van der Waals surface area (Å²) in [5.74, 6) is -1.94. The van der Waals surface area contributed by atoms with E-state index in [0.29, 0.717) is 0 Å². The minimum Gasteiger partial charge on any atom is -0.508 e. The molecule has 0 bridgehead atoms. The van der Waals surface area contributed by atoms with Crippen molar-refractivity contribution in [3.63, 3.8) is 0 Å². The number of carbonyl (C=O) groups is 2. The number of anilines is 1. The van der Waals surface area contributed by atoms with Crippen LogP contribution in [0.5, 0.6) is 34.5 Å². The van der Waals surface area contributed by atoms with Crippen molar-refractivity contribution in [3.8, 4) is 34.5 Å². The molecular formula is C39H54N4O10. The van der Waals surface area contributed by atoms with Gasteiger partial charge in [-0.25, -0.2) is 14.6 Å². The summed E-state index contributed by atoms with van der Waals surface area (Å²) in [5, 5.41) is 53.2. The molecule has 14 heteroatoms. The van der Waals surface area contributed by atoms with Gasteiger partial charge in [0.05, 0.1) is 25.3 Å². The van der Waals surface area contributed by atoms with Crippen molar-refractivity contribution in [1.29, 1.82) is 0 Å². The van der Waals surface area contributed by atoms with Crippen molar-refractivity contribution < 1.29 is 49.7 Å². The highest BCUT2D eigenvalue weighted by atomic mass is 16.5. The highest BCUT2D eigenvalue weighted by molar-refractivity contribution is 5.98. The molecule has 0 unspecified atom stereocenters. The van der Waals surface area contributed by atoms with E-state index in [0.717, 1.165) is 116 Å². The first-order valence-electron chi connectivity index (χ1n) is 17.4. The molecule has 0 fully saturated rings. The summed E-state index contributed by atoms with van der Waals surface area (Å²) >= 11 is 0. The Balaban J connectivity index is 0.000000356. The molecule has 290 valence electrons. The lowest BCUT2D eigenvalue weighted by Gasteiger charge is -2.32. The smallest absolute Gasteiger partial charge is 0.339 e. The number of pyridine rings is 1. The zero-order chi connectivity index (χ0) is 39.8. The number of benzene rings is 3. The van der Waals surface area contributed by atoms with Gasteiger partial charge in [0, 0.05) is 50.1 Å². The fourth-order valence-corrected chi connectivity index (χ4v) is 5.64. The molecule has 14 nitrogen and oxygen atoms in total. The molecule has 0 radical (unpaired) electrons. The first-order valence-corrected chi connectivity index (χ1v) is 17.4. The molecule has 4 rings (SSSR count). The summed E-state index contributed by atoms with van der Waals surface area (Å²) in [7, 11) is 3.48. The molecule has 53 heavy (non-hydrogen) atoms. The zero-order valence-electron chi connectivity index (χ0n) is 31.9. The van der Waals surface area contributed by atoms with Crippen LogP contribution in [0.4, 0.5) is 5.69 Å². The maximum absolute atomic E-state index is 10.3. The number of phenolic OH excluding ortho intramolecular Hbond substituents is 2. The van der Waals surface area contributed by atoms with Crippen molar-refractivity contribution in [3.05, 3.63) is 70.9 Å². The summed E-state index contributed by atoms with van der Waals surface area (Å²) in [6, 6.07) is 10.8. The lowest BCUT2D eigenvalue weighted by Crippen LogP contribution is -2.40. The van der Waals surface area contributed by atoms with Crippen molar-refractivity contribution in [2.45, 2.75) is 41.5 Å². The van der Waals surface area contributed by atoms with Gasteiger partial charge in [-0.05, 0) is 75.9 Å². The number of carboxylic acids is 2. The highest BCUT2D eigenvalue weighted by Gasteiger charge is 2.22. The van der Waals surface area contributed by atoms with Crippen molar-refractivity contribution in [2.75, 3.05) is 71.5 Å². The van der Waals surface area contributed by atoms with E-state index in [1.807, 2.05) is 6.92 Å². The van der Waals surface area contributed by atoms with Crippen molar-refractivity contribution >= 4 is 28.5 Å². The molecule has 0 saturated carbocycles. The van der Waals surface area contributed by atoms with E-state index in [4.69, 9.17) is 45.1 Å². The molecule has 0 amide bonds. The van der Waals surface area contributed by atoms with Gasteiger partial charge >= 0.3 is 11.9 Å². The maximum atomic E-state index is 10.3. The Labute approximate surface area is 311 Å². The van der Waals surface area contributed by atoms with Gasteiger partial charge in [0.15, 0.2) is 5.75 Å². The van der Waals surface area contributed by atoms with Crippen LogP contribution in [0.15, 0.2) is 48.5 Å². The second-order valence-corrected chi connectivity index (χ2v) is 12.0.